The van der Waals surface area contributed by atoms with E-state index in [0.29, 0.717) is 6.61 Å². The highest BCUT2D eigenvalue weighted by Crippen LogP contribution is 2.33. The van der Waals surface area contributed by atoms with E-state index in [2.05, 4.69) is 11.8 Å². The zero-order valence-electron chi connectivity index (χ0n) is 6.46. The molecule has 1 saturated heterocycles. The summed E-state index contributed by atoms with van der Waals surface area (Å²) in [5, 5.41) is 8.45. The first kappa shape index (κ1) is 7.98. The van der Waals surface area contributed by atoms with E-state index in [1.54, 1.807) is 0 Å². The predicted molar refractivity (Wildman–Crippen MR) is 36.8 cm³/mol. The summed E-state index contributed by atoms with van der Waals surface area (Å²) in [7, 11) is 0. The molecular formula is C7H14O3. The largest absolute Gasteiger partial charge is 0.367 e. The average molecular weight is 146 g/mol. The summed E-state index contributed by atoms with van der Waals surface area (Å²) < 4.78 is 5.12. The molecule has 0 aromatic heterocycles. The molecule has 0 spiro atoms. The highest BCUT2D eigenvalue weighted by Gasteiger charge is 2.47. The molecule has 0 bridgehead atoms. The molecular weight excluding hydrogens is 132 g/mol. The first-order valence-electron chi connectivity index (χ1n) is 3.67. The molecule has 0 amide bonds. The van der Waals surface area contributed by atoms with Gasteiger partial charge in [-0.25, -0.2) is 4.89 Å². The molecule has 2 atom stereocenters. The van der Waals surface area contributed by atoms with Gasteiger partial charge in [0.1, 0.15) is 11.7 Å². The molecule has 0 aromatic rings. The van der Waals surface area contributed by atoms with Crippen molar-refractivity contribution < 1.29 is 14.9 Å². The van der Waals surface area contributed by atoms with Crippen molar-refractivity contribution in [2.45, 2.75) is 38.4 Å². The van der Waals surface area contributed by atoms with E-state index in [0.717, 1.165) is 12.8 Å². The van der Waals surface area contributed by atoms with Crippen molar-refractivity contribution in [3.8, 4) is 0 Å². The number of ether oxygens (including phenoxy) is 1. The van der Waals surface area contributed by atoms with Crippen molar-refractivity contribution in [3.63, 3.8) is 0 Å². The van der Waals surface area contributed by atoms with Crippen LogP contribution in [0, 0.1) is 0 Å². The van der Waals surface area contributed by atoms with Crippen LogP contribution in [0.3, 0.4) is 0 Å². The lowest BCUT2D eigenvalue weighted by atomic mass is 10.0. The molecule has 1 N–H and O–H groups in total. The second-order valence-corrected chi connectivity index (χ2v) is 2.98. The van der Waals surface area contributed by atoms with Crippen LogP contribution in [0.15, 0.2) is 0 Å². The van der Waals surface area contributed by atoms with Crippen LogP contribution in [0.5, 0.6) is 0 Å². The van der Waals surface area contributed by atoms with Gasteiger partial charge in [0.2, 0.25) is 0 Å². The van der Waals surface area contributed by atoms with Gasteiger partial charge in [-0.15, -0.1) is 0 Å². The zero-order valence-corrected chi connectivity index (χ0v) is 6.46. The van der Waals surface area contributed by atoms with Gasteiger partial charge in [-0.2, -0.15) is 0 Å². The molecule has 2 unspecified atom stereocenters. The molecule has 0 aliphatic carbocycles. The Morgan fingerprint density at radius 1 is 1.80 bits per heavy atom. The Bertz CT molecular complexity index is 109. The van der Waals surface area contributed by atoms with Gasteiger partial charge in [0.25, 0.3) is 0 Å². The molecule has 1 heterocycles. The molecule has 1 rings (SSSR count). The van der Waals surface area contributed by atoms with Crippen LogP contribution in [0.4, 0.5) is 0 Å². The average Bonchev–Trinajstić information content (AvgIpc) is 2.64. The number of hydrogen-bond donors (Lipinski definition) is 1. The normalized spacial score (nSPS) is 33.9. The summed E-state index contributed by atoms with van der Waals surface area (Å²) >= 11 is 0. The smallest absolute Gasteiger partial charge is 0.124 e. The highest BCUT2D eigenvalue weighted by molar-refractivity contribution is 4.94. The van der Waals surface area contributed by atoms with E-state index in [1.165, 1.54) is 0 Å². The van der Waals surface area contributed by atoms with E-state index < -0.39 is 0 Å². The lowest BCUT2D eigenvalue weighted by molar-refractivity contribution is -0.292. The van der Waals surface area contributed by atoms with Gasteiger partial charge in [0.05, 0.1) is 6.61 Å². The minimum Gasteiger partial charge on any atom is -0.367 e. The second-order valence-electron chi connectivity index (χ2n) is 2.98. The van der Waals surface area contributed by atoms with Gasteiger partial charge >= 0.3 is 0 Å². The first-order valence-corrected chi connectivity index (χ1v) is 3.67. The first-order chi connectivity index (χ1) is 4.73. The molecule has 0 saturated carbocycles. The molecule has 3 heteroatoms. The molecule has 1 aliphatic rings. The monoisotopic (exact) mass is 146 g/mol. The van der Waals surface area contributed by atoms with Gasteiger partial charge < -0.3 is 4.74 Å². The quantitative estimate of drug-likeness (QED) is 0.370. The second kappa shape index (κ2) is 2.86. The Morgan fingerprint density at radius 3 is 2.70 bits per heavy atom. The summed E-state index contributed by atoms with van der Waals surface area (Å²) in [6.45, 7) is 4.71. The van der Waals surface area contributed by atoms with E-state index in [9.17, 15) is 0 Å². The fourth-order valence-corrected chi connectivity index (χ4v) is 1.03. The van der Waals surface area contributed by atoms with Crippen molar-refractivity contribution in [1.29, 1.82) is 0 Å². The van der Waals surface area contributed by atoms with Gasteiger partial charge in [0.15, 0.2) is 0 Å². The Morgan fingerprint density at radius 2 is 2.40 bits per heavy atom. The van der Waals surface area contributed by atoms with Crippen LogP contribution in [-0.4, -0.2) is 23.6 Å². The van der Waals surface area contributed by atoms with E-state index in [1.807, 2.05) is 6.92 Å². The van der Waals surface area contributed by atoms with Crippen molar-refractivity contribution in [3.05, 3.63) is 0 Å². The third kappa shape index (κ3) is 1.48. The standard InChI is InChI=1S/C7H14O3/c1-3-4-6(10-8)7(2)5-9-7/h6,8H,3-5H2,1-2H3. The van der Waals surface area contributed by atoms with Crippen LogP contribution in [0.2, 0.25) is 0 Å². The minimum atomic E-state index is -0.204. The highest BCUT2D eigenvalue weighted by atomic mass is 17.1. The Labute approximate surface area is 60.9 Å². The lowest BCUT2D eigenvalue weighted by Gasteiger charge is -2.15. The maximum atomic E-state index is 8.45. The summed E-state index contributed by atoms with van der Waals surface area (Å²) in [5.74, 6) is 0. The molecule has 60 valence electrons. The molecule has 10 heavy (non-hydrogen) atoms. The van der Waals surface area contributed by atoms with Gasteiger partial charge in [0, 0.05) is 0 Å². The summed E-state index contributed by atoms with van der Waals surface area (Å²) in [6.07, 6.45) is 1.72. The number of hydrogen-bond acceptors (Lipinski definition) is 3. The van der Waals surface area contributed by atoms with Crippen molar-refractivity contribution in [1.82, 2.24) is 0 Å². The number of epoxide rings is 1. The van der Waals surface area contributed by atoms with Crippen LogP contribution in [0.25, 0.3) is 0 Å². The molecule has 0 radical (unpaired) electrons. The SMILES string of the molecule is CCCC(OO)C1(C)CO1. The van der Waals surface area contributed by atoms with E-state index in [4.69, 9.17) is 9.99 Å². The fourth-order valence-electron chi connectivity index (χ4n) is 1.03. The van der Waals surface area contributed by atoms with Gasteiger partial charge in [-0.1, -0.05) is 13.3 Å². The lowest BCUT2D eigenvalue weighted by Crippen LogP contribution is -2.28. The summed E-state index contributed by atoms with van der Waals surface area (Å²) in [5.41, 5.74) is -0.204. The Kier molecular flexibility index (Phi) is 2.28. The Hall–Kier alpha value is -0.120. The van der Waals surface area contributed by atoms with Gasteiger partial charge in [-0.3, -0.25) is 5.26 Å². The molecule has 3 nitrogen and oxygen atoms in total. The third-order valence-corrected chi connectivity index (χ3v) is 1.96. The van der Waals surface area contributed by atoms with Crippen LogP contribution < -0.4 is 0 Å². The van der Waals surface area contributed by atoms with E-state index >= 15 is 0 Å². The third-order valence-electron chi connectivity index (χ3n) is 1.96. The topological polar surface area (TPSA) is 42.0 Å². The fraction of sp³-hybridized carbons (Fsp3) is 1.00. The maximum Gasteiger partial charge on any atom is 0.124 e. The van der Waals surface area contributed by atoms with Gasteiger partial charge in [-0.05, 0) is 13.3 Å². The predicted octanol–water partition coefficient (Wildman–Crippen LogP) is 1.43. The van der Waals surface area contributed by atoms with Crippen LogP contribution in [0.1, 0.15) is 26.7 Å². The molecule has 1 fully saturated rings. The number of rotatable bonds is 4. The summed E-state index contributed by atoms with van der Waals surface area (Å²) in [6, 6.07) is 0. The van der Waals surface area contributed by atoms with Crippen LogP contribution >= 0.6 is 0 Å². The van der Waals surface area contributed by atoms with Crippen molar-refractivity contribution >= 4 is 0 Å². The van der Waals surface area contributed by atoms with Crippen molar-refractivity contribution in [2.75, 3.05) is 6.61 Å². The van der Waals surface area contributed by atoms with E-state index in [-0.39, 0.29) is 11.7 Å². The zero-order chi connectivity index (χ0) is 7.61. The maximum absolute atomic E-state index is 8.45. The summed E-state index contributed by atoms with van der Waals surface area (Å²) in [4.78, 5) is 4.29. The van der Waals surface area contributed by atoms with Crippen LogP contribution in [-0.2, 0) is 9.62 Å². The molecule has 1 aliphatic heterocycles. The minimum absolute atomic E-state index is 0.141. The Balaban J connectivity index is 2.33. The molecule has 0 aromatic carbocycles. The van der Waals surface area contributed by atoms with Crippen molar-refractivity contribution in [2.24, 2.45) is 0 Å².